The second kappa shape index (κ2) is 9.55. The van der Waals surface area contributed by atoms with Crippen LogP contribution in [-0.2, 0) is 4.79 Å². The van der Waals surface area contributed by atoms with E-state index in [9.17, 15) is 14.4 Å². The summed E-state index contributed by atoms with van der Waals surface area (Å²) in [5.74, 6) is -0.329. The largest absolute Gasteiger partial charge is 0.352 e. The molecular weight excluding hydrogens is 402 g/mol. The van der Waals surface area contributed by atoms with Crippen LogP contribution in [0.4, 0.5) is 0 Å². The lowest BCUT2D eigenvalue weighted by atomic mass is 9.88. The SMILES string of the molecule is Cc1ccc(C(=O)NC(C(=O)NC2CC2)C2CCN(C(=O)c3ccccc3C)CC2)cc1. The second-order valence-corrected chi connectivity index (χ2v) is 9.04. The van der Waals surface area contributed by atoms with Gasteiger partial charge in [0.1, 0.15) is 6.04 Å². The van der Waals surface area contributed by atoms with E-state index in [-0.39, 0.29) is 29.7 Å². The highest BCUT2D eigenvalue weighted by Gasteiger charge is 2.36. The Kier molecular flexibility index (Phi) is 6.58. The zero-order chi connectivity index (χ0) is 22.7. The lowest BCUT2D eigenvalue weighted by Gasteiger charge is -2.36. The standard InChI is InChI=1S/C26H31N3O3/c1-17-7-9-20(10-8-17)24(30)28-23(25(31)27-21-11-12-21)19-13-15-29(16-14-19)26(32)22-6-4-3-5-18(22)2/h3-10,19,21,23H,11-16H2,1-2H3,(H,27,31)(H,28,30). The summed E-state index contributed by atoms with van der Waals surface area (Å²) in [5, 5.41) is 6.04. The van der Waals surface area contributed by atoms with Crippen molar-refractivity contribution >= 4 is 17.7 Å². The topological polar surface area (TPSA) is 78.5 Å². The van der Waals surface area contributed by atoms with Gasteiger partial charge in [-0.25, -0.2) is 0 Å². The van der Waals surface area contributed by atoms with E-state index >= 15 is 0 Å². The van der Waals surface area contributed by atoms with Crippen molar-refractivity contribution in [2.45, 2.75) is 51.6 Å². The summed E-state index contributed by atoms with van der Waals surface area (Å²) >= 11 is 0. The number of benzene rings is 2. The third-order valence-electron chi connectivity index (χ3n) is 6.48. The number of carbonyl (C=O) groups excluding carboxylic acids is 3. The molecule has 2 fully saturated rings. The number of nitrogens with one attached hydrogen (secondary N) is 2. The van der Waals surface area contributed by atoms with Crippen LogP contribution in [0, 0.1) is 19.8 Å². The fourth-order valence-corrected chi connectivity index (χ4v) is 4.26. The van der Waals surface area contributed by atoms with Crippen LogP contribution in [0.25, 0.3) is 0 Å². The van der Waals surface area contributed by atoms with Crippen molar-refractivity contribution in [3.05, 3.63) is 70.8 Å². The monoisotopic (exact) mass is 433 g/mol. The molecular formula is C26H31N3O3. The Morgan fingerprint density at radius 3 is 2.19 bits per heavy atom. The summed E-state index contributed by atoms with van der Waals surface area (Å²) in [7, 11) is 0. The lowest BCUT2D eigenvalue weighted by molar-refractivity contribution is -0.124. The molecule has 0 bridgehead atoms. The molecule has 3 amide bonds. The Labute approximate surface area is 189 Å². The lowest BCUT2D eigenvalue weighted by Crippen LogP contribution is -2.54. The molecule has 2 N–H and O–H groups in total. The van der Waals surface area contributed by atoms with Crippen molar-refractivity contribution in [3.8, 4) is 0 Å². The molecule has 1 saturated heterocycles. The first-order valence-corrected chi connectivity index (χ1v) is 11.4. The van der Waals surface area contributed by atoms with E-state index < -0.39 is 6.04 Å². The number of amides is 3. The van der Waals surface area contributed by atoms with Gasteiger partial charge in [-0.15, -0.1) is 0 Å². The Balaban J connectivity index is 1.43. The molecule has 1 aliphatic heterocycles. The van der Waals surface area contributed by atoms with Gasteiger partial charge in [0, 0.05) is 30.3 Å². The summed E-state index contributed by atoms with van der Waals surface area (Å²) in [6, 6.07) is 14.6. The zero-order valence-electron chi connectivity index (χ0n) is 18.8. The van der Waals surface area contributed by atoms with Gasteiger partial charge in [0.15, 0.2) is 0 Å². The van der Waals surface area contributed by atoms with E-state index in [1.165, 1.54) is 0 Å². The maximum atomic E-state index is 13.0. The highest BCUT2D eigenvalue weighted by atomic mass is 16.2. The van der Waals surface area contributed by atoms with Crippen molar-refractivity contribution in [1.29, 1.82) is 0 Å². The minimum Gasteiger partial charge on any atom is -0.352 e. The molecule has 0 radical (unpaired) electrons. The highest BCUT2D eigenvalue weighted by Crippen LogP contribution is 2.25. The normalized spacial score (nSPS) is 17.5. The fourth-order valence-electron chi connectivity index (χ4n) is 4.26. The number of carbonyl (C=O) groups is 3. The number of nitrogens with zero attached hydrogens (tertiary/aromatic N) is 1. The Hall–Kier alpha value is -3.15. The van der Waals surface area contributed by atoms with Crippen LogP contribution < -0.4 is 10.6 Å². The van der Waals surface area contributed by atoms with Gasteiger partial charge in [-0.1, -0.05) is 35.9 Å². The zero-order valence-corrected chi connectivity index (χ0v) is 18.8. The first-order chi connectivity index (χ1) is 15.4. The molecule has 2 aromatic rings. The van der Waals surface area contributed by atoms with E-state index in [2.05, 4.69) is 10.6 Å². The maximum absolute atomic E-state index is 13.0. The average Bonchev–Trinajstić information content (AvgIpc) is 3.62. The Morgan fingerprint density at radius 2 is 1.56 bits per heavy atom. The van der Waals surface area contributed by atoms with Gasteiger partial charge in [0.25, 0.3) is 11.8 Å². The number of aryl methyl sites for hydroxylation is 2. The molecule has 32 heavy (non-hydrogen) atoms. The number of piperidine rings is 1. The Bertz CT molecular complexity index is 990. The highest BCUT2D eigenvalue weighted by molar-refractivity contribution is 5.98. The minimum absolute atomic E-state index is 0.0101. The van der Waals surface area contributed by atoms with Gasteiger partial charge in [-0.05, 0) is 69.2 Å². The second-order valence-electron chi connectivity index (χ2n) is 9.04. The molecule has 4 rings (SSSR count). The van der Waals surface area contributed by atoms with Crippen LogP contribution in [0.15, 0.2) is 48.5 Å². The molecule has 6 heteroatoms. The van der Waals surface area contributed by atoms with Crippen molar-refractivity contribution < 1.29 is 14.4 Å². The van der Waals surface area contributed by atoms with Gasteiger partial charge in [0.05, 0.1) is 0 Å². The number of hydrogen-bond donors (Lipinski definition) is 2. The fraction of sp³-hybridized carbons (Fsp3) is 0.423. The Morgan fingerprint density at radius 1 is 0.906 bits per heavy atom. The smallest absolute Gasteiger partial charge is 0.254 e. The summed E-state index contributed by atoms with van der Waals surface area (Å²) in [4.78, 5) is 40.7. The quantitative estimate of drug-likeness (QED) is 0.734. The molecule has 1 heterocycles. The van der Waals surface area contributed by atoms with E-state index in [1.807, 2.05) is 55.1 Å². The van der Waals surface area contributed by atoms with Crippen LogP contribution in [0.3, 0.4) is 0 Å². The molecule has 1 saturated carbocycles. The van der Waals surface area contributed by atoms with Gasteiger partial charge in [-0.2, -0.15) is 0 Å². The van der Waals surface area contributed by atoms with Crippen LogP contribution in [0.1, 0.15) is 57.5 Å². The minimum atomic E-state index is -0.597. The summed E-state index contributed by atoms with van der Waals surface area (Å²) in [6.07, 6.45) is 3.34. The molecule has 2 aliphatic rings. The van der Waals surface area contributed by atoms with Crippen LogP contribution in [0.5, 0.6) is 0 Å². The molecule has 168 valence electrons. The summed E-state index contributed by atoms with van der Waals surface area (Å²) in [5.41, 5.74) is 3.32. The van der Waals surface area contributed by atoms with Crippen LogP contribution >= 0.6 is 0 Å². The van der Waals surface area contributed by atoms with Crippen molar-refractivity contribution in [2.24, 2.45) is 5.92 Å². The first-order valence-electron chi connectivity index (χ1n) is 11.4. The molecule has 0 spiro atoms. The predicted molar refractivity (Wildman–Crippen MR) is 123 cm³/mol. The number of rotatable bonds is 6. The summed E-state index contributed by atoms with van der Waals surface area (Å²) in [6.45, 7) is 5.06. The first kappa shape index (κ1) is 22.1. The number of likely N-dealkylation sites (tertiary alicyclic amines) is 1. The van der Waals surface area contributed by atoms with E-state index in [0.29, 0.717) is 31.5 Å². The molecule has 1 aliphatic carbocycles. The molecule has 1 atom stereocenters. The van der Waals surface area contributed by atoms with Gasteiger partial charge in [0.2, 0.25) is 5.91 Å². The average molecular weight is 434 g/mol. The van der Waals surface area contributed by atoms with Crippen LogP contribution in [-0.4, -0.2) is 47.8 Å². The predicted octanol–water partition coefficient (Wildman–Crippen LogP) is 3.23. The van der Waals surface area contributed by atoms with Crippen molar-refractivity contribution in [2.75, 3.05) is 13.1 Å². The van der Waals surface area contributed by atoms with E-state index in [4.69, 9.17) is 0 Å². The third kappa shape index (κ3) is 5.18. The third-order valence-corrected chi connectivity index (χ3v) is 6.48. The molecule has 2 aromatic carbocycles. The maximum Gasteiger partial charge on any atom is 0.254 e. The van der Waals surface area contributed by atoms with Crippen molar-refractivity contribution in [3.63, 3.8) is 0 Å². The van der Waals surface area contributed by atoms with Gasteiger partial charge in [-0.3, -0.25) is 14.4 Å². The molecule has 6 nitrogen and oxygen atoms in total. The van der Waals surface area contributed by atoms with Crippen molar-refractivity contribution in [1.82, 2.24) is 15.5 Å². The molecule has 0 aromatic heterocycles. The molecule has 1 unspecified atom stereocenters. The van der Waals surface area contributed by atoms with E-state index in [0.717, 1.165) is 29.5 Å². The number of hydrogen-bond acceptors (Lipinski definition) is 3. The van der Waals surface area contributed by atoms with Crippen LogP contribution in [0.2, 0.25) is 0 Å². The van der Waals surface area contributed by atoms with Gasteiger partial charge < -0.3 is 15.5 Å². The van der Waals surface area contributed by atoms with E-state index in [1.54, 1.807) is 12.1 Å². The van der Waals surface area contributed by atoms with Gasteiger partial charge >= 0.3 is 0 Å². The summed E-state index contributed by atoms with van der Waals surface area (Å²) < 4.78 is 0.